The second-order valence-corrected chi connectivity index (χ2v) is 8.55. The first-order valence-electron chi connectivity index (χ1n) is 9.84. The van der Waals surface area contributed by atoms with E-state index in [1.807, 2.05) is 0 Å². The Balaban J connectivity index is 2.42. The van der Waals surface area contributed by atoms with Crippen molar-refractivity contribution >= 4 is 33.1 Å². The predicted molar refractivity (Wildman–Crippen MR) is 123 cm³/mol. The summed E-state index contributed by atoms with van der Waals surface area (Å²) in [7, 11) is -3.78. The summed E-state index contributed by atoms with van der Waals surface area (Å²) < 4.78 is 37.0. The molecule has 2 aromatic rings. The van der Waals surface area contributed by atoms with Crippen LogP contribution < -0.4 is 0 Å². The van der Waals surface area contributed by atoms with Gasteiger partial charge in [-0.1, -0.05) is 0 Å². The molecule has 1 atom stereocenters. The Bertz CT molecular complexity index is 1410. The number of nitro benzene ring substituents is 4. The molecule has 0 aromatic heterocycles. The lowest BCUT2D eigenvalue weighted by atomic mass is 9.81. The zero-order valence-corrected chi connectivity index (χ0v) is 19.2. The number of allylic oxidation sites excluding steroid dienone is 2. The molecule has 0 bridgehead atoms. The van der Waals surface area contributed by atoms with Gasteiger partial charge in [0.2, 0.25) is 0 Å². The molecule has 0 spiro atoms. The van der Waals surface area contributed by atoms with Crippen LogP contribution in [0.1, 0.15) is 17.0 Å². The van der Waals surface area contributed by atoms with E-state index in [0.717, 1.165) is 30.3 Å². The number of rotatable bonds is 9. The quantitative estimate of drug-likeness (QED) is 0.275. The summed E-state index contributed by atoms with van der Waals surface area (Å²) in [5.41, 5.74) is -3.72. The Hall–Kier alpha value is -4.97. The van der Waals surface area contributed by atoms with Gasteiger partial charge in [0.15, 0.2) is 0 Å². The summed E-state index contributed by atoms with van der Waals surface area (Å²) in [5.74, 6) is -2.08. The van der Waals surface area contributed by atoms with Crippen LogP contribution in [0.25, 0.3) is 0 Å². The van der Waals surface area contributed by atoms with Gasteiger partial charge in [0.1, 0.15) is 5.76 Å². The van der Waals surface area contributed by atoms with Crippen molar-refractivity contribution in [2.24, 2.45) is 0 Å². The zero-order chi connectivity index (χ0) is 27.7. The molecule has 1 aliphatic heterocycles. The van der Waals surface area contributed by atoms with E-state index < -0.39 is 70.6 Å². The van der Waals surface area contributed by atoms with E-state index in [-0.39, 0.29) is 11.1 Å². The van der Waals surface area contributed by atoms with Crippen LogP contribution in [0.2, 0.25) is 0 Å². The van der Waals surface area contributed by atoms with E-state index >= 15 is 0 Å². The number of nitrogens with zero attached hydrogens (tertiary/aromatic N) is 5. The minimum absolute atomic E-state index is 0.343. The topological polar surface area (TPSA) is 239 Å². The molecule has 3 rings (SSSR count). The molecule has 194 valence electrons. The Kier molecular flexibility index (Phi) is 7.16. The molecular formula is C19H15N5O12S. The summed E-state index contributed by atoms with van der Waals surface area (Å²) >= 11 is 0. The molecule has 0 radical (unpaired) electrons. The lowest BCUT2D eigenvalue weighted by Gasteiger charge is -2.36. The van der Waals surface area contributed by atoms with Crippen LogP contribution >= 0.6 is 0 Å². The Labute approximate surface area is 206 Å². The first-order valence-corrected chi connectivity index (χ1v) is 11.2. The highest BCUT2D eigenvalue weighted by Crippen LogP contribution is 2.45. The smallest absolute Gasteiger partial charge is 0.369 e. The summed E-state index contributed by atoms with van der Waals surface area (Å²) in [6.45, 7) is 0. The van der Waals surface area contributed by atoms with Crippen LogP contribution in [0.4, 0.5) is 22.7 Å². The largest absolute Gasteiger partial charge is 0.446 e. The number of hydrogen-bond donors (Lipinski definition) is 1. The van der Waals surface area contributed by atoms with Crippen molar-refractivity contribution in [3.8, 4) is 0 Å². The number of likely N-dealkylation sites (N-methyl/N-ethyl adjacent to an activating group) is 1. The monoisotopic (exact) mass is 537 g/mol. The van der Waals surface area contributed by atoms with Gasteiger partial charge in [0, 0.05) is 30.3 Å². The maximum Gasteiger partial charge on any atom is 0.446 e. The van der Waals surface area contributed by atoms with E-state index in [0.29, 0.717) is 12.1 Å². The number of hydrogen-bond acceptors (Lipinski definition) is 12. The van der Waals surface area contributed by atoms with Crippen molar-refractivity contribution in [1.29, 1.82) is 0 Å². The molecule has 2 aromatic carbocycles. The highest BCUT2D eigenvalue weighted by molar-refractivity contribution is 7.81. The normalized spacial score (nSPS) is 15.3. The van der Waals surface area contributed by atoms with E-state index in [2.05, 4.69) is 4.18 Å². The van der Waals surface area contributed by atoms with E-state index in [1.165, 1.54) is 24.2 Å². The predicted octanol–water partition coefficient (Wildman–Crippen LogP) is 2.98. The molecule has 18 heteroatoms. The lowest BCUT2D eigenvalue weighted by Crippen LogP contribution is -2.39. The van der Waals surface area contributed by atoms with Gasteiger partial charge in [-0.3, -0.25) is 45.0 Å². The molecule has 1 heterocycles. The van der Waals surface area contributed by atoms with Gasteiger partial charge in [-0.25, -0.2) is 0 Å². The molecule has 0 saturated heterocycles. The summed E-state index contributed by atoms with van der Waals surface area (Å²) in [6, 6.07) is 3.53. The van der Waals surface area contributed by atoms with E-state index in [9.17, 15) is 53.4 Å². The van der Waals surface area contributed by atoms with Gasteiger partial charge in [-0.2, -0.15) is 8.42 Å². The fraction of sp³-hybridized carbons (Fsp3) is 0.158. The summed E-state index contributed by atoms with van der Waals surface area (Å²) in [5, 5.41) is 46.3. The Morgan fingerprint density at radius 2 is 1.32 bits per heavy atom. The highest BCUT2D eigenvalue weighted by Gasteiger charge is 2.42. The fourth-order valence-corrected chi connectivity index (χ4v) is 4.30. The fourth-order valence-electron chi connectivity index (χ4n) is 3.90. The second kappa shape index (κ2) is 9.95. The third kappa shape index (κ3) is 5.65. The first-order chi connectivity index (χ1) is 17.2. The average Bonchev–Trinajstić information content (AvgIpc) is 2.79. The van der Waals surface area contributed by atoms with Crippen molar-refractivity contribution < 1.29 is 36.8 Å². The molecule has 37 heavy (non-hydrogen) atoms. The van der Waals surface area contributed by atoms with Gasteiger partial charge in [-0.15, -0.1) is 0 Å². The van der Waals surface area contributed by atoms with Crippen molar-refractivity contribution in [3.05, 3.63) is 112 Å². The zero-order valence-electron chi connectivity index (χ0n) is 18.4. The van der Waals surface area contributed by atoms with Crippen LogP contribution in [0.5, 0.6) is 0 Å². The Morgan fingerprint density at radius 1 is 0.865 bits per heavy atom. The minimum atomic E-state index is -5.14. The lowest BCUT2D eigenvalue weighted by molar-refractivity contribution is -0.395. The minimum Gasteiger partial charge on any atom is -0.369 e. The molecule has 1 aliphatic rings. The Morgan fingerprint density at radius 3 is 1.70 bits per heavy atom. The van der Waals surface area contributed by atoms with Crippen LogP contribution in [0.15, 0.2) is 60.5 Å². The average molecular weight is 537 g/mol. The van der Waals surface area contributed by atoms with Crippen LogP contribution in [0.3, 0.4) is 0 Å². The van der Waals surface area contributed by atoms with Gasteiger partial charge in [0.05, 0.1) is 43.8 Å². The molecule has 1 unspecified atom stereocenters. The van der Waals surface area contributed by atoms with Crippen molar-refractivity contribution in [2.75, 3.05) is 7.05 Å². The molecular weight excluding hydrogens is 522 g/mol. The van der Waals surface area contributed by atoms with Crippen LogP contribution in [-0.2, 0) is 14.6 Å². The van der Waals surface area contributed by atoms with Gasteiger partial charge >= 0.3 is 10.4 Å². The molecule has 0 aliphatic carbocycles. The summed E-state index contributed by atoms with van der Waals surface area (Å²) in [6.07, 6.45) is 3.74. The summed E-state index contributed by atoms with van der Waals surface area (Å²) in [4.78, 5) is 43.8. The molecule has 0 amide bonds. The first kappa shape index (κ1) is 26.6. The van der Waals surface area contributed by atoms with Crippen LogP contribution in [0, 0.1) is 40.5 Å². The van der Waals surface area contributed by atoms with Crippen molar-refractivity contribution in [1.82, 2.24) is 4.90 Å². The highest BCUT2D eigenvalue weighted by atomic mass is 32.3. The number of benzene rings is 2. The third-order valence-corrected chi connectivity index (χ3v) is 5.75. The van der Waals surface area contributed by atoms with Gasteiger partial charge < -0.3 is 9.08 Å². The standard InChI is InChI=1S/C19H15N5O12S/c1-20-8-2-3-17(36-37(33,34)35)19(20)18(13-6-4-11(21(25)26)9-15(13)23(29)30)14-7-5-12(22(27)28)10-16(14)24(31)32/h2-10,18-19H,1H3,(H,33,34,35). The molecule has 1 N–H and O–H groups in total. The number of nitro groups is 4. The maximum absolute atomic E-state index is 11.9. The van der Waals surface area contributed by atoms with Crippen molar-refractivity contribution in [2.45, 2.75) is 12.0 Å². The van der Waals surface area contributed by atoms with Gasteiger partial charge in [0.25, 0.3) is 22.7 Å². The van der Waals surface area contributed by atoms with E-state index in [1.54, 1.807) is 0 Å². The van der Waals surface area contributed by atoms with E-state index in [4.69, 9.17) is 0 Å². The number of non-ortho nitro benzene ring substituents is 2. The van der Waals surface area contributed by atoms with Crippen LogP contribution in [-0.4, -0.2) is 50.7 Å². The second-order valence-electron chi connectivity index (χ2n) is 7.52. The SMILES string of the molecule is CN1C=CC=C(OS(=O)(=O)O)C1C(c1ccc([N+](=O)[O-])cc1[N+](=O)[O-])c1ccc([N+](=O)[O-])cc1[N+](=O)[O-]. The van der Waals surface area contributed by atoms with Gasteiger partial charge in [-0.05, 0) is 30.5 Å². The maximum atomic E-state index is 11.9. The molecule has 0 saturated carbocycles. The van der Waals surface area contributed by atoms with Crippen molar-refractivity contribution in [3.63, 3.8) is 0 Å². The molecule has 0 fully saturated rings. The third-order valence-electron chi connectivity index (χ3n) is 5.34. The molecule has 17 nitrogen and oxygen atoms in total.